The Balaban J connectivity index is 1.43. The molecular formula is C14H28N2O. The minimum atomic E-state index is 0.472. The standard InChI is InChI=1S/C14H28N2O/c1-13-6-7-14(17-13)12-15-8-5-11-16-9-3-2-4-10-16/h13-15H,2-12H2,1H3. The van der Waals surface area contributed by atoms with E-state index in [2.05, 4.69) is 17.1 Å². The molecule has 0 spiro atoms. The van der Waals surface area contributed by atoms with Crippen LogP contribution in [0.25, 0.3) is 0 Å². The molecule has 100 valence electrons. The first-order chi connectivity index (χ1) is 8.34. The van der Waals surface area contributed by atoms with E-state index >= 15 is 0 Å². The van der Waals surface area contributed by atoms with E-state index in [1.807, 2.05) is 0 Å². The number of ether oxygens (including phenoxy) is 1. The Morgan fingerprint density at radius 3 is 2.71 bits per heavy atom. The van der Waals surface area contributed by atoms with Crippen molar-refractivity contribution in [3.05, 3.63) is 0 Å². The fourth-order valence-electron chi connectivity index (χ4n) is 2.91. The maximum absolute atomic E-state index is 5.78. The van der Waals surface area contributed by atoms with Gasteiger partial charge in [0.25, 0.3) is 0 Å². The van der Waals surface area contributed by atoms with Gasteiger partial charge in [-0.1, -0.05) is 6.42 Å². The number of nitrogens with one attached hydrogen (secondary N) is 1. The summed E-state index contributed by atoms with van der Waals surface area (Å²) in [6, 6.07) is 0. The largest absolute Gasteiger partial charge is 0.374 e. The molecule has 0 bridgehead atoms. The number of hydrogen-bond acceptors (Lipinski definition) is 3. The summed E-state index contributed by atoms with van der Waals surface area (Å²) in [5, 5.41) is 3.54. The highest BCUT2D eigenvalue weighted by Gasteiger charge is 2.20. The van der Waals surface area contributed by atoms with Crippen molar-refractivity contribution in [3.63, 3.8) is 0 Å². The molecule has 0 aromatic heterocycles. The van der Waals surface area contributed by atoms with Gasteiger partial charge < -0.3 is 15.0 Å². The normalized spacial score (nSPS) is 30.9. The van der Waals surface area contributed by atoms with Crippen LogP contribution in [-0.2, 0) is 4.74 Å². The van der Waals surface area contributed by atoms with Crippen LogP contribution in [0.15, 0.2) is 0 Å². The van der Waals surface area contributed by atoms with Crippen LogP contribution >= 0.6 is 0 Å². The molecule has 2 atom stereocenters. The predicted octanol–water partition coefficient (Wildman–Crippen LogP) is 2.02. The van der Waals surface area contributed by atoms with Crippen molar-refractivity contribution < 1.29 is 4.74 Å². The Hall–Kier alpha value is -0.120. The summed E-state index contributed by atoms with van der Waals surface area (Å²) in [5.74, 6) is 0. The molecule has 2 aliphatic rings. The van der Waals surface area contributed by atoms with Crippen LogP contribution in [0.4, 0.5) is 0 Å². The molecule has 2 saturated heterocycles. The van der Waals surface area contributed by atoms with E-state index in [1.54, 1.807) is 0 Å². The van der Waals surface area contributed by atoms with Crippen LogP contribution in [0, 0.1) is 0 Å². The summed E-state index contributed by atoms with van der Waals surface area (Å²) in [4.78, 5) is 2.61. The molecule has 0 aliphatic carbocycles. The molecule has 0 amide bonds. The molecule has 2 unspecified atom stereocenters. The summed E-state index contributed by atoms with van der Waals surface area (Å²) in [7, 11) is 0. The first-order valence-electron chi connectivity index (χ1n) is 7.43. The molecule has 0 aromatic rings. The third-order valence-corrected chi connectivity index (χ3v) is 3.97. The van der Waals surface area contributed by atoms with Gasteiger partial charge in [0.05, 0.1) is 12.2 Å². The van der Waals surface area contributed by atoms with Gasteiger partial charge in [-0.3, -0.25) is 0 Å². The number of rotatable bonds is 6. The Kier molecular flexibility index (Phi) is 5.75. The van der Waals surface area contributed by atoms with Crippen LogP contribution < -0.4 is 5.32 Å². The van der Waals surface area contributed by atoms with E-state index in [0.717, 1.165) is 13.1 Å². The van der Waals surface area contributed by atoms with Crippen LogP contribution in [0.3, 0.4) is 0 Å². The van der Waals surface area contributed by atoms with E-state index < -0.39 is 0 Å². The average Bonchev–Trinajstić information content (AvgIpc) is 2.76. The maximum atomic E-state index is 5.78. The lowest BCUT2D eigenvalue weighted by molar-refractivity contribution is 0.0560. The van der Waals surface area contributed by atoms with Gasteiger partial charge in [0.2, 0.25) is 0 Å². The van der Waals surface area contributed by atoms with Gasteiger partial charge >= 0.3 is 0 Å². The Bertz CT molecular complexity index is 198. The Morgan fingerprint density at radius 2 is 2.00 bits per heavy atom. The summed E-state index contributed by atoms with van der Waals surface area (Å²) in [6.07, 6.45) is 8.95. The summed E-state index contributed by atoms with van der Waals surface area (Å²) >= 11 is 0. The first-order valence-corrected chi connectivity index (χ1v) is 7.43. The molecule has 3 nitrogen and oxygen atoms in total. The average molecular weight is 240 g/mol. The van der Waals surface area contributed by atoms with Crippen LogP contribution in [0.5, 0.6) is 0 Å². The molecule has 2 fully saturated rings. The second-order valence-electron chi connectivity index (χ2n) is 5.61. The highest BCUT2D eigenvalue weighted by molar-refractivity contribution is 4.72. The fraction of sp³-hybridized carbons (Fsp3) is 1.00. The van der Waals surface area contributed by atoms with Crippen LogP contribution in [-0.4, -0.2) is 49.8 Å². The molecule has 3 heteroatoms. The zero-order valence-corrected chi connectivity index (χ0v) is 11.3. The van der Waals surface area contributed by atoms with Crippen molar-refractivity contribution in [1.29, 1.82) is 0 Å². The van der Waals surface area contributed by atoms with E-state index in [0.29, 0.717) is 12.2 Å². The number of likely N-dealkylation sites (tertiary alicyclic amines) is 1. The van der Waals surface area contributed by atoms with E-state index in [-0.39, 0.29) is 0 Å². The number of nitrogens with zero attached hydrogens (tertiary/aromatic N) is 1. The lowest BCUT2D eigenvalue weighted by atomic mass is 10.1. The summed E-state index contributed by atoms with van der Waals surface area (Å²) < 4.78 is 5.78. The van der Waals surface area contributed by atoms with Crippen LogP contribution in [0.1, 0.15) is 45.4 Å². The van der Waals surface area contributed by atoms with Gasteiger partial charge in [0.1, 0.15) is 0 Å². The topological polar surface area (TPSA) is 24.5 Å². The summed E-state index contributed by atoms with van der Waals surface area (Å²) in [5.41, 5.74) is 0. The molecular weight excluding hydrogens is 212 g/mol. The molecule has 2 rings (SSSR count). The molecule has 2 aliphatic heterocycles. The van der Waals surface area contributed by atoms with Gasteiger partial charge in [-0.25, -0.2) is 0 Å². The minimum Gasteiger partial charge on any atom is -0.374 e. The van der Waals surface area contributed by atoms with Crippen molar-refractivity contribution in [2.45, 2.75) is 57.7 Å². The minimum absolute atomic E-state index is 0.472. The third-order valence-electron chi connectivity index (χ3n) is 3.97. The van der Waals surface area contributed by atoms with Crippen molar-refractivity contribution in [1.82, 2.24) is 10.2 Å². The lowest BCUT2D eigenvalue weighted by Gasteiger charge is -2.26. The van der Waals surface area contributed by atoms with Gasteiger partial charge in [-0.05, 0) is 65.2 Å². The highest BCUT2D eigenvalue weighted by Crippen LogP contribution is 2.18. The van der Waals surface area contributed by atoms with Crippen molar-refractivity contribution in [2.75, 3.05) is 32.7 Å². The Labute approximate surface area is 106 Å². The fourth-order valence-corrected chi connectivity index (χ4v) is 2.91. The molecule has 0 saturated carbocycles. The van der Waals surface area contributed by atoms with E-state index in [4.69, 9.17) is 4.74 Å². The highest BCUT2D eigenvalue weighted by atomic mass is 16.5. The Morgan fingerprint density at radius 1 is 1.18 bits per heavy atom. The van der Waals surface area contributed by atoms with E-state index in [1.165, 1.54) is 58.2 Å². The van der Waals surface area contributed by atoms with Gasteiger partial charge in [-0.15, -0.1) is 0 Å². The first kappa shape index (κ1) is 13.3. The number of hydrogen-bond donors (Lipinski definition) is 1. The van der Waals surface area contributed by atoms with Gasteiger partial charge in [0.15, 0.2) is 0 Å². The van der Waals surface area contributed by atoms with Gasteiger partial charge in [0, 0.05) is 6.54 Å². The third kappa shape index (κ3) is 4.94. The van der Waals surface area contributed by atoms with Crippen molar-refractivity contribution in [3.8, 4) is 0 Å². The smallest absolute Gasteiger partial charge is 0.0704 e. The zero-order valence-electron chi connectivity index (χ0n) is 11.3. The van der Waals surface area contributed by atoms with Gasteiger partial charge in [-0.2, -0.15) is 0 Å². The molecule has 2 heterocycles. The SMILES string of the molecule is CC1CCC(CNCCCN2CCCCC2)O1. The zero-order chi connectivity index (χ0) is 11.9. The predicted molar refractivity (Wildman–Crippen MR) is 71.3 cm³/mol. The molecule has 0 aromatic carbocycles. The van der Waals surface area contributed by atoms with Crippen molar-refractivity contribution in [2.24, 2.45) is 0 Å². The quantitative estimate of drug-likeness (QED) is 0.719. The second-order valence-corrected chi connectivity index (χ2v) is 5.61. The van der Waals surface area contributed by atoms with Crippen LogP contribution in [0.2, 0.25) is 0 Å². The second kappa shape index (κ2) is 7.34. The van der Waals surface area contributed by atoms with E-state index in [9.17, 15) is 0 Å². The lowest BCUT2D eigenvalue weighted by Crippen LogP contribution is -2.33. The molecule has 0 radical (unpaired) electrons. The maximum Gasteiger partial charge on any atom is 0.0704 e. The summed E-state index contributed by atoms with van der Waals surface area (Å²) in [6.45, 7) is 8.28. The molecule has 1 N–H and O–H groups in total. The molecule has 17 heavy (non-hydrogen) atoms. The van der Waals surface area contributed by atoms with Crippen molar-refractivity contribution >= 4 is 0 Å². The monoisotopic (exact) mass is 240 g/mol. The number of piperidine rings is 1.